The van der Waals surface area contributed by atoms with Crippen LogP contribution in [0, 0.1) is 19.3 Å². The largest absolute Gasteiger partial charge is 1.00 e. The Balaban J connectivity index is 0.00000336. The van der Waals surface area contributed by atoms with Crippen molar-refractivity contribution >= 4 is 17.0 Å². The molecule has 8 nitrogen and oxygen atoms in total. The molecule has 0 saturated carbocycles. The minimum atomic E-state index is -1.06. The van der Waals surface area contributed by atoms with E-state index in [0.717, 1.165) is 50.2 Å². The molecular formula is C29H27N4NaO4. The van der Waals surface area contributed by atoms with Gasteiger partial charge in [0.15, 0.2) is 0 Å². The second-order valence-electron chi connectivity index (χ2n) is 9.88. The summed E-state index contributed by atoms with van der Waals surface area (Å²) < 4.78 is 11.4. The first-order valence-electron chi connectivity index (χ1n) is 12.0. The predicted molar refractivity (Wildman–Crippen MR) is 139 cm³/mol. The molecule has 0 aliphatic carbocycles. The molecule has 0 atom stereocenters. The molecular weight excluding hydrogens is 491 g/mol. The summed E-state index contributed by atoms with van der Waals surface area (Å²) in [6.07, 6.45) is 0.391. The van der Waals surface area contributed by atoms with Gasteiger partial charge in [-0.05, 0) is 67.3 Å². The van der Waals surface area contributed by atoms with Gasteiger partial charge in [0.2, 0.25) is 5.89 Å². The molecule has 2 aromatic heterocycles. The first kappa shape index (κ1) is 27.6. The van der Waals surface area contributed by atoms with Gasteiger partial charge in [0.1, 0.15) is 11.6 Å². The summed E-state index contributed by atoms with van der Waals surface area (Å²) in [4.78, 5) is 19.7. The maximum absolute atomic E-state index is 11.5. The van der Waals surface area contributed by atoms with Gasteiger partial charge in [-0.1, -0.05) is 38.1 Å². The molecule has 0 unspecified atom stereocenters. The number of aromatic nitrogens is 4. The van der Waals surface area contributed by atoms with Crippen LogP contribution in [0.5, 0.6) is 5.75 Å². The Hall–Kier alpha value is -3.46. The van der Waals surface area contributed by atoms with Crippen molar-refractivity contribution in [1.82, 2.24) is 20.2 Å². The van der Waals surface area contributed by atoms with Crippen LogP contribution < -0.4 is 39.4 Å². The minimum Gasteiger partial charge on any atom is -0.550 e. The average Bonchev–Trinajstić information content (AvgIpc) is 3.50. The summed E-state index contributed by atoms with van der Waals surface area (Å²) in [6, 6.07) is 17.3. The molecule has 0 amide bonds. The van der Waals surface area contributed by atoms with Crippen LogP contribution in [0.4, 0.5) is 0 Å². The van der Waals surface area contributed by atoms with Crippen LogP contribution in [-0.4, -0.2) is 33.2 Å². The van der Waals surface area contributed by atoms with E-state index in [1.54, 1.807) is 21.0 Å². The summed E-state index contributed by atoms with van der Waals surface area (Å²) in [5.74, 6) is 1.12. The number of benzene rings is 3. The molecule has 188 valence electrons. The number of ether oxygens (including phenoxy) is 1. The van der Waals surface area contributed by atoms with Crippen LogP contribution in [0.1, 0.15) is 30.5 Å². The molecule has 0 aliphatic rings. The molecule has 0 saturated heterocycles. The van der Waals surface area contributed by atoms with E-state index >= 15 is 0 Å². The number of nitrogens with zero attached hydrogens (tertiary/aromatic N) is 3. The maximum Gasteiger partial charge on any atom is 1.00 e. The van der Waals surface area contributed by atoms with Gasteiger partial charge in [0.05, 0.1) is 23.7 Å². The van der Waals surface area contributed by atoms with Crippen molar-refractivity contribution in [2.45, 2.75) is 34.1 Å². The van der Waals surface area contributed by atoms with Crippen molar-refractivity contribution in [3.8, 4) is 40.0 Å². The number of hydrogen-bond acceptors (Lipinski definition) is 7. The number of nitrogens with one attached hydrogen (secondary N) is 1. The van der Waals surface area contributed by atoms with E-state index in [1.165, 1.54) is 0 Å². The number of para-hydroxylation sites is 1. The second-order valence-corrected chi connectivity index (χ2v) is 9.88. The number of carbonyl (C=O) groups is 1. The number of aliphatic carboxylic acids is 1. The number of aryl methyl sites for hydroxylation is 2. The molecule has 0 spiro atoms. The van der Waals surface area contributed by atoms with Gasteiger partial charge in [-0.15, -0.1) is 10.2 Å². The molecule has 9 heteroatoms. The molecule has 5 aromatic rings. The van der Waals surface area contributed by atoms with Crippen LogP contribution >= 0.6 is 0 Å². The fourth-order valence-corrected chi connectivity index (χ4v) is 4.64. The van der Waals surface area contributed by atoms with E-state index in [1.807, 2.05) is 68.4 Å². The fourth-order valence-electron chi connectivity index (χ4n) is 4.64. The summed E-state index contributed by atoms with van der Waals surface area (Å²) >= 11 is 0. The minimum absolute atomic E-state index is 0. The third-order valence-corrected chi connectivity index (χ3v) is 6.52. The number of aromatic amines is 1. The number of H-pyrrole nitrogens is 1. The molecule has 0 bridgehead atoms. The van der Waals surface area contributed by atoms with Crippen LogP contribution in [0.3, 0.4) is 0 Å². The van der Waals surface area contributed by atoms with Gasteiger partial charge in [0.25, 0.3) is 5.89 Å². The fraction of sp³-hybridized carbons (Fsp3) is 0.241. The van der Waals surface area contributed by atoms with Crippen molar-refractivity contribution in [2.75, 3.05) is 7.11 Å². The topological polar surface area (TPSA) is 117 Å². The first-order chi connectivity index (χ1) is 17.7. The molecule has 3 aromatic carbocycles. The Labute approximate surface area is 242 Å². The average molecular weight is 519 g/mol. The Kier molecular flexibility index (Phi) is 7.78. The van der Waals surface area contributed by atoms with Gasteiger partial charge in [-0.2, -0.15) is 0 Å². The Morgan fingerprint density at radius 3 is 2.39 bits per heavy atom. The van der Waals surface area contributed by atoms with Crippen LogP contribution in [0.2, 0.25) is 0 Å². The summed E-state index contributed by atoms with van der Waals surface area (Å²) in [6.45, 7) is 7.38. The van der Waals surface area contributed by atoms with Crippen molar-refractivity contribution in [3.63, 3.8) is 0 Å². The van der Waals surface area contributed by atoms with Crippen LogP contribution in [0.15, 0.2) is 59.0 Å². The molecule has 0 aliphatic heterocycles. The van der Waals surface area contributed by atoms with Gasteiger partial charge < -0.3 is 24.0 Å². The number of carboxylic acid groups (broad SMARTS) is 1. The monoisotopic (exact) mass is 518 g/mol. The van der Waals surface area contributed by atoms with Gasteiger partial charge in [-0.3, -0.25) is 0 Å². The van der Waals surface area contributed by atoms with E-state index in [2.05, 4.69) is 15.2 Å². The van der Waals surface area contributed by atoms with Crippen LogP contribution in [0.25, 0.3) is 45.3 Å². The zero-order chi connectivity index (χ0) is 26.3. The zero-order valence-corrected chi connectivity index (χ0v) is 24.4. The Bertz CT molecular complexity index is 1610. The summed E-state index contributed by atoms with van der Waals surface area (Å²) in [5, 5.41) is 19.9. The standard InChI is InChI=1S/C29H28N4O4.Na/c1-16-12-18(15-29(3,4)28(34)35)13-17(2)24(16)25-30-21-11-10-19(14-22(21)31-25)26-32-33-27(37-26)20-8-6-7-9-23(20)36-5;/h6-14H,15H2,1-5H3,(H,30,31)(H,34,35);/q;+1/p-1. The molecule has 2 heterocycles. The van der Waals surface area contributed by atoms with E-state index in [9.17, 15) is 9.90 Å². The molecule has 0 radical (unpaired) electrons. The molecule has 38 heavy (non-hydrogen) atoms. The SMILES string of the molecule is COc1ccccc1-c1nnc(-c2ccc3nc(-c4c(C)cc(CC(C)(C)C(=O)[O-])cc4C)[nH]c3c2)o1.[Na+]. The number of methoxy groups -OCH3 is 1. The van der Waals surface area contributed by atoms with E-state index < -0.39 is 11.4 Å². The van der Waals surface area contributed by atoms with Crippen molar-refractivity contribution in [1.29, 1.82) is 0 Å². The van der Waals surface area contributed by atoms with Gasteiger partial charge >= 0.3 is 29.6 Å². The number of hydrogen-bond donors (Lipinski definition) is 1. The molecule has 5 rings (SSSR count). The van der Waals surface area contributed by atoms with E-state index in [0.29, 0.717) is 24.0 Å². The van der Waals surface area contributed by atoms with E-state index in [-0.39, 0.29) is 29.6 Å². The number of fused-ring (bicyclic) bond motifs is 1. The van der Waals surface area contributed by atoms with Crippen LogP contribution in [-0.2, 0) is 11.2 Å². The number of rotatable bonds is 7. The Morgan fingerprint density at radius 1 is 1.03 bits per heavy atom. The smallest absolute Gasteiger partial charge is 0.550 e. The zero-order valence-electron chi connectivity index (χ0n) is 22.4. The third kappa shape index (κ3) is 5.25. The summed E-state index contributed by atoms with van der Waals surface area (Å²) in [5.41, 5.74) is 6.17. The van der Waals surface area contributed by atoms with Crippen molar-refractivity contribution < 1.29 is 48.6 Å². The molecule has 1 N–H and O–H groups in total. The second kappa shape index (κ2) is 10.7. The Morgan fingerprint density at radius 2 is 1.71 bits per heavy atom. The van der Waals surface area contributed by atoms with Crippen molar-refractivity contribution in [2.24, 2.45) is 5.41 Å². The number of carboxylic acids is 1. The van der Waals surface area contributed by atoms with Crippen molar-refractivity contribution in [3.05, 3.63) is 71.3 Å². The number of imidazole rings is 1. The number of carbonyl (C=O) groups excluding carboxylic acids is 1. The van der Waals surface area contributed by atoms with Gasteiger partial charge in [-0.25, -0.2) is 4.98 Å². The third-order valence-electron chi connectivity index (χ3n) is 6.52. The van der Waals surface area contributed by atoms with E-state index in [4.69, 9.17) is 14.1 Å². The maximum atomic E-state index is 11.5. The summed E-state index contributed by atoms with van der Waals surface area (Å²) in [7, 11) is 1.60. The van der Waals surface area contributed by atoms with Gasteiger partial charge in [0, 0.05) is 22.5 Å². The quantitative estimate of drug-likeness (QED) is 0.327. The normalized spacial score (nSPS) is 11.4. The molecule has 0 fully saturated rings. The predicted octanol–water partition coefficient (Wildman–Crippen LogP) is 1.89. The first-order valence-corrected chi connectivity index (χ1v) is 12.0.